The van der Waals surface area contributed by atoms with Crippen LogP contribution in [0.3, 0.4) is 0 Å². The highest BCUT2D eigenvalue weighted by Crippen LogP contribution is 2.46. The second-order valence-electron chi connectivity index (χ2n) is 11.2. The zero-order valence-corrected chi connectivity index (χ0v) is 22.1. The number of hydrogen-bond donors (Lipinski definition) is 2. The number of imidazole rings is 1. The third kappa shape index (κ3) is 6.50. The molecule has 1 saturated carbocycles. The molecule has 0 aliphatic heterocycles. The van der Waals surface area contributed by atoms with Crippen molar-refractivity contribution >= 4 is 28.6 Å². The van der Waals surface area contributed by atoms with Crippen molar-refractivity contribution in [2.24, 2.45) is 11.3 Å². The molecule has 2 atom stereocenters. The summed E-state index contributed by atoms with van der Waals surface area (Å²) in [5, 5.41) is 12.4. The van der Waals surface area contributed by atoms with E-state index in [4.69, 9.17) is 19.6 Å². The number of carboxylic acid groups (broad SMARTS) is 1. The molecular formula is C29H39N3O4. The Bertz CT molecular complexity index is 1180. The zero-order valence-electron chi connectivity index (χ0n) is 22.1. The predicted octanol–water partition coefficient (Wildman–Crippen LogP) is 7.20. The van der Waals surface area contributed by atoms with Crippen LogP contribution in [0.15, 0.2) is 42.5 Å². The fourth-order valence-corrected chi connectivity index (χ4v) is 5.55. The van der Waals surface area contributed by atoms with Gasteiger partial charge in [-0.15, -0.1) is 0 Å². The number of anilines is 2. The average Bonchev–Trinajstić information content (AvgIpc) is 3.13. The highest BCUT2D eigenvalue weighted by atomic mass is 16.5. The summed E-state index contributed by atoms with van der Waals surface area (Å²) >= 11 is 0. The summed E-state index contributed by atoms with van der Waals surface area (Å²) in [6, 6.07) is 14.3. The standard InChI is InChI=1S/C29H39N3O4/c1-19(2)36-23-10-8-21(9-11-23)30-28-31-25-16-24(35-14-6-7-27(33)34)12-13-26(25)32(28)22-15-20(3)17-29(4,5)18-22/h8-13,16,19-20,22H,6-7,14-15,17-18H2,1-5H3,(H,30,31)(H,33,34)/t20-,22-/m0/s1. The van der Waals surface area contributed by atoms with Gasteiger partial charge in [-0.05, 0) is 87.3 Å². The number of fused-ring (bicyclic) bond motifs is 1. The van der Waals surface area contributed by atoms with Gasteiger partial charge >= 0.3 is 5.97 Å². The number of ether oxygens (including phenoxy) is 2. The topological polar surface area (TPSA) is 85.6 Å². The fourth-order valence-electron chi connectivity index (χ4n) is 5.55. The van der Waals surface area contributed by atoms with Gasteiger partial charge in [-0.3, -0.25) is 4.79 Å². The number of hydrogen-bond acceptors (Lipinski definition) is 5. The van der Waals surface area contributed by atoms with Crippen molar-refractivity contribution in [2.75, 3.05) is 11.9 Å². The van der Waals surface area contributed by atoms with Crippen LogP contribution in [0, 0.1) is 11.3 Å². The van der Waals surface area contributed by atoms with Crippen LogP contribution in [0.5, 0.6) is 11.5 Å². The molecule has 0 spiro atoms. The van der Waals surface area contributed by atoms with Gasteiger partial charge in [0.25, 0.3) is 0 Å². The minimum absolute atomic E-state index is 0.0988. The predicted molar refractivity (Wildman–Crippen MR) is 143 cm³/mol. The molecule has 194 valence electrons. The molecule has 1 fully saturated rings. The van der Waals surface area contributed by atoms with Crippen molar-refractivity contribution in [3.05, 3.63) is 42.5 Å². The van der Waals surface area contributed by atoms with E-state index >= 15 is 0 Å². The largest absolute Gasteiger partial charge is 0.494 e. The van der Waals surface area contributed by atoms with E-state index in [0.29, 0.717) is 30.7 Å². The lowest BCUT2D eigenvalue weighted by Crippen LogP contribution is -2.29. The number of benzene rings is 2. The molecule has 2 N–H and O–H groups in total. The van der Waals surface area contributed by atoms with Gasteiger partial charge in [0.15, 0.2) is 0 Å². The number of carbonyl (C=O) groups is 1. The number of carboxylic acids is 1. The Kier molecular flexibility index (Phi) is 7.76. The molecule has 3 aromatic rings. The SMILES string of the molecule is CC(C)Oc1ccc(Nc2nc3cc(OCCCC(=O)O)ccc3n2[C@H]2C[C@H](C)CC(C)(C)C2)cc1. The van der Waals surface area contributed by atoms with E-state index in [1.165, 1.54) is 6.42 Å². The summed E-state index contributed by atoms with van der Waals surface area (Å²) in [7, 11) is 0. The van der Waals surface area contributed by atoms with Crippen molar-refractivity contribution in [2.45, 2.75) is 78.9 Å². The van der Waals surface area contributed by atoms with E-state index in [-0.39, 0.29) is 17.9 Å². The second-order valence-corrected chi connectivity index (χ2v) is 11.2. The van der Waals surface area contributed by atoms with Gasteiger partial charge in [-0.1, -0.05) is 20.8 Å². The molecule has 36 heavy (non-hydrogen) atoms. The third-order valence-corrected chi connectivity index (χ3v) is 6.68. The first-order valence-corrected chi connectivity index (χ1v) is 13.0. The van der Waals surface area contributed by atoms with Crippen LogP contribution in [0.4, 0.5) is 11.6 Å². The summed E-state index contributed by atoms with van der Waals surface area (Å²) in [5.74, 6) is 2.19. The van der Waals surface area contributed by atoms with Crippen LogP contribution < -0.4 is 14.8 Å². The van der Waals surface area contributed by atoms with E-state index in [1.807, 2.05) is 50.2 Å². The highest BCUT2D eigenvalue weighted by molar-refractivity contribution is 5.81. The number of nitrogens with zero attached hydrogens (tertiary/aromatic N) is 2. The molecule has 2 aromatic carbocycles. The quantitative estimate of drug-likeness (QED) is 0.291. The third-order valence-electron chi connectivity index (χ3n) is 6.68. The van der Waals surface area contributed by atoms with Gasteiger partial charge in [-0.25, -0.2) is 4.98 Å². The van der Waals surface area contributed by atoms with Crippen molar-refractivity contribution < 1.29 is 19.4 Å². The van der Waals surface area contributed by atoms with Gasteiger partial charge in [0, 0.05) is 24.2 Å². The van der Waals surface area contributed by atoms with Crippen molar-refractivity contribution in [3.63, 3.8) is 0 Å². The Morgan fingerprint density at radius 3 is 2.56 bits per heavy atom. The number of aromatic nitrogens is 2. The molecule has 7 nitrogen and oxygen atoms in total. The first-order chi connectivity index (χ1) is 17.1. The summed E-state index contributed by atoms with van der Waals surface area (Å²) in [6.07, 6.45) is 4.13. The van der Waals surface area contributed by atoms with Gasteiger partial charge in [0.2, 0.25) is 5.95 Å². The maximum Gasteiger partial charge on any atom is 0.303 e. The maximum atomic E-state index is 10.8. The van der Waals surface area contributed by atoms with Crippen LogP contribution in [0.25, 0.3) is 11.0 Å². The van der Waals surface area contributed by atoms with E-state index < -0.39 is 5.97 Å². The Balaban J connectivity index is 1.64. The van der Waals surface area contributed by atoms with Gasteiger partial charge < -0.3 is 24.5 Å². The second kappa shape index (κ2) is 10.8. The number of nitrogens with one attached hydrogen (secondary N) is 1. The first kappa shape index (κ1) is 25.9. The average molecular weight is 494 g/mol. The van der Waals surface area contributed by atoms with Crippen LogP contribution in [-0.2, 0) is 4.79 Å². The lowest BCUT2D eigenvalue weighted by Gasteiger charge is -2.40. The van der Waals surface area contributed by atoms with E-state index in [1.54, 1.807) is 0 Å². The monoisotopic (exact) mass is 493 g/mol. The summed E-state index contributed by atoms with van der Waals surface area (Å²) in [4.78, 5) is 15.8. The maximum absolute atomic E-state index is 10.8. The molecule has 0 amide bonds. The van der Waals surface area contributed by atoms with Crippen LogP contribution >= 0.6 is 0 Å². The molecule has 1 aliphatic carbocycles. The Morgan fingerprint density at radius 1 is 1.17 bits per heavy atom. The summed E-state index contributed by atoms with van der Waals surface area (Å²) in [6.45, 7) is 11.5. The Hall–Kier alpha value is -3.22. The van der Waals surface area contributed by atoms with Gasteiger partial charge in [0.1, 0.15) is 11.5 Å². The molecule has 7 heteroatoms. The van der Waals surface area contributed by atoms with Gasteiger partial charge in [-0.2, -0.15) is 0 Å². The normalized spacial score (nSPS) is 19.4. The van der Waals surface area contributed by atoms with Gasteiger partial charge in [0.05, 0.1) is 23.7 Å². The number of aliphatic carboxylic acids is 1. The summed E-state index contributed by atoms with van der Waals surface area (Å²) in [5.41, 5.74) is 3.16. The Labute approximate surface area is 213 Å². The van der Waals surface area contributed by atoms with Crippen LogP contribution in [0.1, 0.15) is 72.8 Å². The first-order valence-electron chi connectivity index (χ1n) is 13.0. The molecule has 1 aromatic heterocycles. The minimum Gasteiger partial charge on any atom is -0.494 e. The van der Waals surface area contributed by atoms with E-state index in [2.05, 4.69) is 36.7 Å². The van der Waals surface area contributed by atoms with Crippen molar-refractivity contribution in [3.8, 4) is 11.5 Å². The van der Waals surface area contributed by atoms with E-state index in [9.17, 15) is 4.79 Å². The molecule has 4 rings (SSSR count). The smallest absolute Gasteiger partial charge is 0.303 e. The molecular weight excluding hydrogens is 454 g/mol. The fraction of sp³-hybridized carbons (Fsp3) is 0.517. The van der Waals surface area contributed by atoms with Crippen molar-refractivity contribution in [1.82, 2.24) is 9.55 Å². The van der Waals surface area contributed by atoms with Crippen LogP contribution in [-0.4, -0.2) is 33.3 Å². The lowest BCUT2D eigenvalue weighted by molar-refractivity contribution is -0.137. The molecule has 0 bridgehead atoms. The molecule has 0 unspecified atom stereocenters. The van der Waals surface area contributed by atoms with Crippen molar-refractivity contribution in [1.29, 1.82) is 0 Å². The molecule has 0 saturated heterocycles. The zero-order chi connectivity index (χ0) is 25.9. The molecule has 0 radical (unpaired) electrons. The highest BCUT2D eigenvalue weighted by Gasteiger charge is 2.34. The Morgan fingerprint density at radius 2 is 1.89 bits per heavy atom. The molecule has 1 heterocycles. The summed E-state index contributed by atoms with van der Waals surface area (Å²) < 4.78 is 14.0. The van der Waals surface area contributed by atoms with E-state index in [0.717, 1.165) is 41.3 Å². The van der Waals surface area contributed by atoms with Crippen LogP contribution in [0.2, 0.25) is 0 Å². The number of rotatable bonds is 10. The lowest BCUT2D eigenvalue weighted by atomic mass is 9.70. The molecule has 1 aliphatic rings. The minimum atomic E-state index is -0.808.